The second-order valence-electron chi connectivity index (χ2n) is 8.20. The Bertz CT molecular complexity index is 489. The molecule has 3 heteroatoms. The highest BCUT2D eigenvalue weighted by molar-refractivity contribution is 5.76. The number of benzene rings is 1. The third kappa shape index (κ3) is 12.2. The van der Waals surface area contributed by atoms with Crippen molar-refractivity contribution in [2.45, 2.75) is 116 Å². The zero-order valence-corrected chi connectivity index (χ0v) is 18.3. The molecule has 1 amide bonds. The van der Waals surface area contributed by atoms with Gasteiger partial charge < -0.3 is 10.4 Å². The van der Waals surface area contributed by atoms with Gasteiger partial charge in [0, 0.05) is 6.42 Å². The van der Waals surface area contributed by atoms with Crippen LogP contribution < -0.4 is 5.32 Å². The second-order valence-corrected chi connectivity index (χ2v) is 8.20. The topological polar surface area (TPSA) is 49.3 Å². The lowest BCUT2D eigenvalue weighted by Crippen LogP contribution is -2.36. The van der Waals surface area contributed by atoms with Crippen LogP contribution in [0.25, 0.3) is 0 Å². The van der Waals surface area contributed by atoms with Gasteiger partial charge in [-0.1, -0.05) is 114 Å². The molecule has 1 aromatic carbocycles. The monoisotopic (exact) mass is 389 g/mol. The minimum absolute atomic E-state index is 0.0468. The van der Waals surface area contributed by atoms with E-state index in [4.69, 9.17) is 0 Å². The Labute approximate surface area is 173 Å². The van der Waals surface area contributed by atoms with Crippen LogP contribution in [0.2, 0.25) is 0 Å². The van der Waals surface area contributed by atoms with Gasteiger partial charge in [0.25, 0.3) is 0 Å². The molecule has 0 spiro atoms. The molecular weight excluding hydrogens is 346 g/mol. The smallest absolute Gasteiger partial charge is 0.220 e. The van der Waals surface area contributed by atoms with Crippen molar-refractivity contribution in [3.05, 3.63) is 35.9 Å². The van der Waals surface area contributed by atoms with Gasteiger partial charge in [-0.2, -0.15) is 0 Å². The molecule has 2 unspecified atom stereocenters. The Hall–Kier alpha value is -1.35. The maximum Gasteiger partial charge on any atom is 0.220 e. The average molecular weight is 390 g/mol. The van der Waals surface area contributed by atoms with Crippen molar-refractivity contribution in [2.24, 2.45) is 0 Å². The summed E-state index contributed by atoms with van der Waals surface area (Å²) in [5, 5.41) is 13.2. The van der Waals surface area contributed by atoms with Crippen LogP contribution in [0.1, 0.15) is 115 Å². The maximum absolute atomic E-state index is 12.1. The van der Waals surface area contributed by atoms with E-state index in [1.165, 1.54) is 70.6 Å². The van der Waals surface area contributed by atoms with E-state index in [1.807, 2.05) is 37.3 Å². The van der Waals surface area contributed by atoms with Gasteiger partial charge in [0.1, 0.15) is 0 Å². The molecule has 2 atom stereocenters. The fraction of sp³-hybridized carbons (Fsp3) is 0.720. The van der Waals surface area contributed by atoms with E-state index in [1.54, 1.807) is 0 Å². The summed E-state index contributed by atoms with van der Waals surface area (Å²) in [6.45, 7) is 4.13. The number of aliphatic hydroxyl groups is 1. The minimum Gasteiger partial charge on any atom is -0.386 e. The highest BCUT2D eigenvalue weighted by atomic mass is 16.3. The van der Waals surface area contributed by atoms with Gasteiger partial charge in [-0.05, 0) is 18.9 Å². The van der Waals surface area contributed by atoms with Crippen LogP contribution in [-0.2, 0) is 4.79 Å². The predicted molar refractivity (Wildman–Crippen MR) is 119 cm³/mol. The van der Waals surface area contributed by atoms with Crippen LogP contribution >= 0.6 is 0 Å². The molecule has 0 saturated heterocycles. The molecule has 2 N–H and O–H groups in total. The van der Waals surface area contributed by atoms with E-state index in [-0.39, 0.29) is 11.9 Å². The first-order valence-electron chi connectivity index (χ1n) is 11.7. The maximum atomic E-state index is 12.1. The predicted octanol–water partition coefficient (Wildman–Crippen LogP) is 6.71. The average Bonchev–Trinajstić information content (AvgIpc) is 2.71. The molecule has 0 aliphatic rings. The molecule has 28 heavy (non-hydrogen) atoms. The van der Waals surface area contributed by atoms with Crippen molar-refractivity contribution in [3.63, 3.8) is 0 Å². The van der Waals surface area contributed by atoms with Gasteiger partial charge in [0.15, 0.2) is 0 Å². The normalized spacial score (nSPS) is 13.2. The minimum atomic E-state index is -0.656. The van der Waals surface area contributed by atoms with Crippen molar-refractivity contribution < 1.29 is 9.90 Å². The van der Waals surface area contributed by atoms with E-state index in [0.717, 1.165) is 18.4 Å². The molecule has 0 heterocycles. The highest BCUT2D eigenvalue weighted by Gasteiger charge is 2.17. The first kappa shape index (κ1) is 24.7. The van der Waals surface area contributed by atoms with Crippen LogP contribution in [0.3, 0.4) is 0 Å². The molecule has 0 bridgehead atoms. The summed E-state index contributed by atoms with van der Waals surface area (Å²) in [5.74, 6) is 0.0468. The van der Waals surface area contributed by atoms with Gasteiger partial charge in [0.05, 0.1) is 12.1 Å². The lowest BCUT2D eigenvalue weighted by Gasteiger charge is -2.20. The number of aliphatic hydroxyl groups excluding tert-OH is 1. The van der Waals surface area contributed by atoms with Crippen LogP contribution in [0.5, 0.6) is 0 Å². The fourth-order valence-electron chi connectivity index (χ4n) is 3.65. The number of hydrogen-bond acceptors (Lipinski definition) is 2. The van der Waals surface area contributed by atoms with E-state index in [9.17, 15) is 9.90 Å². The summed E-state index contributed by atoms with van der Waals surface area (Å²) in [5.41, 5.74) is 0.844. The molecule has 0 saturated carbocycles. The summed E-state index contributed by atoms with van der Waals surface area (Å²) in [4.78, 5) is 12.1. The number of unbranched alkanes of at least 4 members (excludes halogenated alkanes) is 12. The quantitative estimate of drug-likeness (QED) is 0.291. The molecule has 0 aromatic heterocycles. The molecule has 3 nitrogen and oxygen atoms in total. The molecule has 0 radical (unpaired) electrons. The first-order chi connectivity index (χ1) is 13.6. The number of carbonyl (C=O) groups excluding carboxylic acids is 1. The third-order valence-electron chi connectivity index (χ3n) is 5.51. The molecule has 0 fully saturated rings. The van der Waals surface area contributed by atoms with Gasteiger partial charge in [-0.15, -0.1) is 0 Å². The van der Waals surface area contributed by atoms with Crippen molar-refractivity contribution in [2.75, 3.05) is 0 Å². The van der Waals surface area contributed by atoms with Gasteiger partial charge >= 0.3 is 0 Å². The fourth-order valence-corrected chi connectivity index (χ4v) is 3.65. The summed E-state index contributed by atoms with van der Waals surface area (Å²) in [6, 6.07) is 9.24. The van der Waals surface area contributed by atoms with E-state index >= 15 is 0 Å². The second kappa shape index (κ2) is 16.6. The molecule has 1 rings (SSSR count). The van der Waals surface area contributed by atoms with Crippen molar-refractivity contribution in [1.29, 1.82) is 0 Å². The van der Waals surface area contributed by atoms with Crippen LogP contribution in [0, 0.1) is 0 Å². The van der Waals surface area contributed by atoms with E-state index < -0.39 is 6.10 Å². The Morgan fingerprint density at radius 3 is 1.79 bits per heavy atom. The van der Waals surface area contributed by atoms with Crippen molar-refractivity contribution in [1.82, 2.24) is 5.32 Å². The van der Waals surface area contributed by atoms with Crippen LogP contribution in [0.4, 0.5) is 0 Å². The number of nitrogens with one attached hydrogen (secondary N) is 1. The lowest BCUT2D eigenvalue weighted by molar-refractivity contribution is -0.122. The third-order valence-corrected chi connectivity index (χ3v) is 5.51. The van der Waals surface area contributed by atoms with Crippen LogP contribution in [0.15, 0.2) is 30.3 Å². The molecule has 160 valence electrons. The lowest BCUT2D eigenvalue weighted by atomic mass is 10.0. The van der Waals surface area contributed by atoms with E-state index in [0.29, 0.717) is 6.42 Å². The Balaban J connectivity index is 1.94. The summed E-state index contributed by atoms with van der Waals surface area (Å²) < 4.78 is 0. The summed E-state index contributed by atoms with van der Waals surface area (Å²) in [6.07, 6.45) is 16.9. The Morgan fingerprint density at radius 2 is 1.29 bits per heavy atom. The number of amides is 1. The number of rotatable bonds is 17. The number of hydrogen-bond donors (Lipinski definition) is 2. The summed E-state index contributed by atoms with van der Waals surface area (Å²) >= 11 is 0. The van der Waals surface area contributed by atoms with Gasteiger partial charge in [-0.25, -0.2) is 0 Å². The van der Waals surface area contributed by atoms with Crippen LogP contribution in [-0.4, -0.2) is 17.1 Å². The van der Waals surface area contributed by atoms with Gasteiger partial charge in [-0.3, -0.25) is 4.79 Å². The zero-order chi connectivity index (χ0) is 20.5. The van der Waals surface area contributed by atoms with E-state index in [2.05, 4.69) is 12.2 Å². The summed E-state index contributed by atoms with van der Waals surface area (Å²) in [7, 11) is 0. The largest absolute Gasteiger partial charge is 0.386 e. The van der Waals surface area contributed by atoms with Gasteiger partial charge in [0.2, 0.25) is 5.91 Å². The zero-order valence-electron chi connectivity index (χ0n) is 18.3. The van der Waals surface area contributed by atoms with Crippen molar-refractivity contribution in [3.8, 4) is 0 Å². The highest BCUT2D eigenvalue weighted by Crippen LogP contribution is 2.16. The molecule has 1 aromatic rings. The number of carbonyl (C=O) groups is 1. The van der Waals surface area contributed by atoms with Crippen molar-refractivity contribution >= 4 is 5.91 Å². The molecular formula is C25H43NO2. The first-order valence-corrected chi connectivity index (χ1v) is 11.7. The molecule has 0 aliphatic carbocycles. The SMILES string of the molecule is CCCCCCCCCCCCCCCC(=O)NC(C)C(O)c1ccccc1. The molecule has 0 aliphatic heterocycles. The Kier molecular flexibility index (Phi) is 14.6. The standard InChI is InChI=1S/C25H43NO2/c1-3-4-5-6-7-8-9-10-11-12-13-14-18-21-24(27)26-22(2)25(28)23-19-16-15-17-20-23/h15-17,19-20,22,25,28H,3-14,18,21H2,1-2H3,(H,26,27). The Morgan fingerprint density at radius 1 is 0.821 bits per heavy atom.